The van der Waals surface area contributed by atoms with Gasteiger partial charge in [-0.3, -0.25) is 4.98 Å². The lowest BCUT2D eigenvalue weighted by molar-refractivity contribution is 0.134. The van der Waals surface area contributed by atoms with Crippen LogP contribution in [-0.4, -0.2) is 34.3 Å². The zero-order valence-electron chi connectivity index (χ0n) is 10.5. The number of nitrogens with zero attached hydrogens (tertiary/aromatic N) is 3. The molecule has 1 fully saturated rings. The molecule has 0 amide bonds. The van der Waals surface area contributed by atoms with E-state index < -0.39 is 0 Å². The summed E-state index contributed by atoms with van der Waals surface area (Å²) in [6.07, 6.45) is 4.36. The molecule has 1 aliphatic heterocycles. The molecule has 0 unspecified atom stereocenters. The molecule has 2 aromatic heterocycles. The molecule has 5 nitrogen and oxygen atoms in total. The summed E-state index contributed by atoms with van der Waals surface area (Å²) >= 11 is 0. The lowest BCUT2D eigenvalue weighted by Gasteiger charge is -2.09. The zero-order valence-corrected chi connectivity index (χ0v) is 10.5. The second-order valence-electron chi connectivity index (χ2n) is 4.37. The van der Waals surface area contributed by atoms with Crippen LogP contribution in [0, 0.1) is 6.92 Å². The summed E-state index contributed by atoms with van der Waals surface area (Å²) in [6, 6.07) is 6.04. The summed E-state index contributed by atoms with van der Waals surface area (Å²) in [4.78, 5) is 12.7. The second kappa shape index (κ2) is 5.32. The van der Waals surface area contributed by atoms with Gasteiger partial charge in [-0.1, -0.05) is 6.07 Å². The number of rotatable bonds is 3. The van der Waals surface area contributed by atoms with Gasteiger partial charge < -0.3 is 9.47 Å². The van der Waals surface area contributed by atoms with Crippen LogP contribution in [0.5, 0.6) is 6.01 Å². The van der Waals surface area contributed by atoms with Gasteiger partial charge in [-0.05, 0) is 19.1 Å². The van der Waals surface area contributed by atoms with E-state index >= 15 is 0 Å². The maximum Gasteiger partial charge on any atom is 0.316 e. The topological polar surface area (TPSA) is 57.1 Å². The van der Waals surface area contributed by atoms with Crippen molar-refractivity contribution in [1.82, 2.24) is 15.0 Å². The number of hydrogen-bond donors (Lipinski definition) is 0. The predicted molar refractivity (Wildman–Crippen MR) is 69.6 cm³/mol. The van der Waals surface area contributed by atoms with E-state index in [1.807, 2.05) is 18.2 Å². The van der Waals surface area contributed by atoms with Gasteiger partial charge in [0, 0.05) is 30.1 Å². The fourth-order valence-electron chi connectivity index (χ4n) is 1.90. The minimum Gasteiger partial charge on any atom is -0.458 e. The van der Waals surface area contributed by atoms with Crippen LogP contribution in [0.4, 0.5) is 0 Å². The van der Waals surface area contributed by atoms with Crippen LogP contribution in [0.1, 0.15) is 12.1 Å². The first-order valence-corrected chi connectivity index (χ1v) is 6.17. The van der Waals surface area contributed by atoms with E-state index in [0.717, 1.165) is 30.0 Å². The third-order valence-electron chi connectivity index (χ3n) is 2.89. The summed E-state index contributed by atoms with van der Waals surface area (Å²) in [5.41, 5.74) is 2.38. The van der Waals surface area contributed by atoms with Crippen molar-refractivity contribution in [2.45, 2.75) is 12.5 Å². The Kier molecular flexibility index (Phi) is 3.37. The van der Waals surface area contributed by atoms with Crippen LogP contribution in [0.3, 0.4) is 0 Å². The van der Waals surface area contributed by atoms with Crippen LogP contribution in [0.15, 0.2) is 30.6 Å². The third kappa shape index (κ3) is 2.88. The molecule has 19 heavy (non-hydrogen) atoms. The molecular formula is C14H14N3O2. The van der Waals surface area contributed by atoms with E-state index in [9.17, 15) is 0 Å². The minimum absolute atomic E-state index is 0.0622. The Labute approximate surface area is 111 Å². The molecule has 5 heteroatoms. The van der Waals surface area contributed by atoms with Gasteiger partial charge in [0.05, 0.1) is 18.9 Å². The molecule has 0 aliphatic carbocycles. The van der Waals surface area contributed by atoms with E-state index in [2.05, 4.69) is 21.9 Å². The fraction of sp³-hybridized carbons (Fsp3) is 0.286. The van der Waals surface area contributed by atoms with Crippen LogP contribution in [-0.2, 0) is 4.74 Å². The molecule has 0 N–H and O–H groups in total. The van der Waals surface area contributed by atoms with Crippen molar-refractivity contribution in [1.29, 1.82) is 0 Å². The quantitative estimate of drug-likeness (QED) is 0.839. The molecule has 0 aromatic carbocycles. The molecular weight excluding hydrogens is 242 g/mol. The van der Waals surface area contributed by atoms with Gasteiger partial charge in [-0.2, -0.15) is 0 Å². The van der Waals surface area contributed by atoms with Crippen molar-refractivity contribution in [3.63, 3.8) is 0 Å². The van der Waals surface area contributed by atoms with Gasteiger partial charge in [-0.15, -0.1) is 0 Å². The number of ether oxygens (including phenoxy) is 2. The Morgan fingerprint density at radius 1 is 1.26 bits per heavy atom. The lowest BCUT2D eigenvalue weighted by atomic mass is 10.2. The highest BCUT2D eigenvalue weighted by Gasteiger charge is 2.18. The smallest absolute Gasteiger partial charge is 0.316 e. The van der Waals surface area contributed by atoms with Gasteiger partial charge in [0.2, 0.25) is 0 Å². The van der Waals surface area contributed by atoms with Gasteiger partial charge >= 0.3 is 6.01 Å². The van der Waals surface area contributed by atoms with Crippen LogP contribution in [0.25, 0.3) is 11.3 Å². The predicted octanol–water partition coefficient (Wildman–Crippen LogP) is 1.89. The maximum atomic E-state index is 5.61. The van der Waals surface area contributed by atoms with Crippen molar-refractivity contribution in [2.75, 3.05) is 13.2 Å². The zero-order chi connectivity index (χ0) is 13.1. The highest BCUT2D eigenvalue weighted by molar-refractivity contribution is 5.56. The van der Waals surface area contributed by atoms with E-state index in [1.165, 1.54) is 0 Å². The summed E-state index contributed by atoms with van der Waals surface area (Å²) < 4.78 is 10.8. The van der Waals surface area contributed by atoms with E-state index in [4.69, 9.17) is 9.47 Å². The first kappa shape index (κ1) is 12.0. The van der Waals surface area contributed by atoms with Gasteiger partial charge in [-0.25, -0.2) is 9.97 Å². The average Bonchev–Trinajstić information content (AvgIpc) is 2.92. The SMILES string of the molecule is [CH2]c1cccc(-c2cnc(O[C@H]3CCOC3)nc2)n1. The first-order valence-electron chi connectivity index (χ1n) is 6.17. The normalized spacial score (nSPS) is 18.5. The molecule has 97 valence electrons. The molecule has 0 saturated carbocycles. The molecule has 1 atom stereocenters. The maximum absolute atomic E-state index is 5.61. The largest absolute Gasteiger partial charge is 0.458 e. The molecule has 1 radical (unpaired) electrons. The number of pyridine rings is 1. The van der Waals surface area contributed by atoms with Gasteiger partial charge in [0.15, 0.2) is 0 Å². The molecule has 3 heterocycles. The van der Waals surface area contributed by atoms with E-state index in [0.29, 0.717) is 12.6 Å². The Bertz CT molecular complexity index is 551. The first-order chi connectivity index (χ1) is 9.31. The fourth-order valence-corrected chi connectivity index (χ4v) is 1.90. The van der Waals surface area contributed by atoms with Crippen LogP contribution in [0.2, 0.25) is 0 Å². The Balaban J connectivity index is 1.74. The summed E-state index contributed by atoms with van der Waals surface area (Å²) in [6.45, 7) is 5.15. The second-order valence-corrected chi connectivity index (χ2v) is 4.37. The van der Waals surface area contributed by atoms with Crippen molar-refractivity contribution >= 4 is 0 Å². The average molecular weight is 256 g/mol. The van der Waals surface area contributed by atoms with Crippen molar-refractivity contribution in [3.8, 4) is 17.3 Å². The van der Waals surface area contributed by atoms with Crippen molar-refractivity contribution < 1.29 is 9.47 Å². The Hall–Kier alpha value is -2.01. The molecule has 0 spiro atoms. The number of hydrogen-bond acceptors (Lipinski definition) is 5. The van der Waals surface area contributed by atoms with Gasteiger partial charge in [0.1, 0.15) is 6.10 Å². The van der Waals surface area contributed by atoms with E-state index in [1.54, 1.807) is 12.4 Å². The Morgan fingerprint density at radius 2 is 2.11 bits per heavy atom. The highest BCUT2D eigenvalue weighted by atomic mass is 16.6. The van der Waals surface area contributed by atoms with E-state index in [-0.39, 0.29) is 6.10 Å². The highest BCUT2D eigenvalue weighted by Crippen LogP contribution is 2.18. The molecule has 1 saturated heterocycles. The summed E-state index contributed by atoms with van der Waals surface area (Å²) in [5, 5.41) is 0. The summed E-state index contributed by atoms with van der Waals surface area (Å²) in [7, 11) is 0. The summed E-state index contributed by atoms with van der Waals surface area (Å²) in [5.74, 6) is 0. The number of aromatic nitrogens is 3. The van der Waals surface area contributed by atoms with Crippen molar-refractivity contribution in [3.05, 3.63) is 43.2 Å². The van der Waals surface area contributed by atoms with Gasteiger partial charge in [0.25, 0.3) is 0 Å². The van der Waals surface area contributed by atoms with Crippen LogP contribution >= 0.6 is 0 Å². The van der Waals surface area contributed by atoms with Crippen LogP contribution < -0.4 is 4.74 Å². The standard InChI is InChI=1S/C14H14N3O2/c1-10-3-2-4-13(17-10)11-7-15-14(16-8-11)19-12-5-6-18-9-12/h2-4,7-8,12H,1,5-6,9H2/t12-/m0/s1. The minimum atomic E-state index is 0.0622. The third-order valence-corrected chi connectivity index (χ3v) is 2.89. The molecule has 3 rings (SSSR count). The Morgan fingerprint density at radius 3 is 2.79 bits per heavy atom. The lowest BCUT2D eigenvalue weighted by Crippen LogP contribution is -2.17. The monoisotopic (exact) mass is 256 g/mol. The molecule has 2 aromatic rings. The molecule has 1 aliphatic rings. The molecule has 0 bridgehead atoms. The van der Waals surface area contributed by atoms with Crippen molar-refractivity contribution in [2.24, 2.45) is 0 Å².